The predicted molar refractivity (Wildman–Crippen MR) is 114 cm³/mol. The van der Waals surface area contributed by atoms with Crippen LogP contribution in [0.1, 0.15) is 31.7 Å². The predicted octanol–water partition coefficient (Wildman–Crippen LogP) is 3.15. The van der Waals surface area contributed by atoms with Crippen molar-refractivity contribution in [2.75, 3.05) is 26.2 Å². The molecule has 164 valence electrons. The van der Waals surface area contributed by atoms with Gasteiger partial charge in [-0.05, 0) is 37.0 Å². The lowest BCUT2D eigenvalue weighted by molar-refractivity contribution is -0.179. The van der Waals surface area contributed by atoms with Gasteiger partial charge in [0.05, 0.1) is 13.0 Å². The van der Waals surface area contributed by atoms with E-state index in [2.05, 4.69) is 20.0 Å². The van der Waals surface area contributed by atoms with Crippen LogP contribution in [0.2, 0.25) is 5.02 Å². The van der Waals surface area contributed by atoms with Gasteiger partial charge in [0.2, 0.25) is 0 Å². The van der Waals surface area contributed by atoms with E-state index in [9.17, 15) is 8.78 Å². The highest BCUT2D eigenvalue weighted by Crippen LogP contribution is 2.31. The monoisotopic (exact) mass is 439 g/mol. The van der Waals surface area contributed by atoms with E-state index < -0.39 is 12.0 Å². The molecule has 0 saturated carbocycles. The Morgan fingerprint density at radius 1 is 1.20 bits per heavy atom. The summed E-state index contributed by atoms with van der Waals surface area (Å²) in [5.74, 6) is -1.42. The Kier molecular flexibility index (Phi) is 6.27. The number of morpholine rings is 1. The van der Waals surface area contributed by atoms with Crippen molar-refractivity contribution in [2.24, 2.45) is 15.9 Å². The Morgan fingerprint density at radius 3 is 2.50 bits per heavy atom. The highest BCUT2D eigenvalue weighted by molar-refractivity contribution is 6.30. The molecule has 3 heterocycles. The van der Waals surface area contributed by atoms with Crippen LogP contribution in [0.25, 0.3) is 0 Å². The summed E-state index contributed by atoms with van der Waals surface area (Å²) >= 11 is 6.00. The fraction of sp³-hybridized carbons (Fsp3) is 0.619. The summed E-state index contributed by atoms with van der Waals surface area (Å²) in [6, 6.07) is 8.00. The molecule has 0 unspecified atom stereocenters. The normalized spacial score (nSPS) is 26.6. The van der Waals surface area contributed by atoms with Gasteiger partial charge in [0.15, 0.2) is 0 Å². The van der Waals surface area contributed by atoms with Gasteiger partial charge >= 0.3 is 0 Å². The van der Waals surface area contributed by atoms with Gasteiger partial charge in [-0.3, -0.25) is 4.90 Å². The van der Waals surface area contributed by atoms with Crippen molar-refractivity contribution in [1.29, 1.82) is 0 Å². The van der Waals surface area contributed by atoms with E-state index >= 15 is 0 Å². The molecule has 6 nitrogen and oxygen atoms in total. The van der Waals surface area contributed by atoms with E-state index in [4.69, 9.17) is 22.1 Å². The van der Waals surface area contributed by atoms with Gasteiger partial charge in [0, 0.05) is 43.7 Å². The first-order chi connectivity index (χ1) is 14.3. The molecule has 2 atom stereocenters. The number of nitrogens with two attached hydrogens (primary N) is 1. The fourth-order valence-electron chi connectivity index (χ4n) is 4.52. The third kappa shape index (κ3) is 4.92. The Balaban J connectivity index is 1.44. The summed E-state index contributed by atoms with van der Waals surface area (Å²) < 4.78 is 33.7. The maximum atomic E-state index is 14.0. The van der Waals surface area contributed by atoms with Crippen LogP contribution in [0.3, 0.4) is 0 Å². The lowest BCUT2D eigenvalue weighted by atomic mass is 9.95. The number of ether oxygens (including phenoxy) is 1. The lowest BCUT2D eigenvalue weighted by Gasteiger charge is -2.47. The average Bonchev–Trinajstić information content (AvgIpc) is 3.16. The summed E-state index contributed by atoms with van der Waals surface area (Å²) in [5.41, 5.74) is 6.87. The number of rotatable bonds is 4. The minimum atomic E-state index is -2.86. The second-order valence-electron chi connectivity index (χ2n) is 8.46. The number of benzene rings is 1. The number of alkyl halides is 2. The quantitative estimate of drug-likeness (QED) is 0.782. The van der Waals surface area contributed by atoms with Crippen LogP contribution in [0.5, 0.6) is 0 Å². The Hall–Kier alpha value is -1.77. The molecule has 3 aliphatic heterocycles. The number of amidine groups is 2. The van der Waals surface area contributed by atoms with Crippen LogP contribution in [0.4, 0.5) is 8.78 Å². The van der Waals surface area contributed by atoms with Gasteiger partial charge in [-0.25, -0.2) is 8.78 Å². The van der Waals surface area contributed by atoms with Gasteiger partial charge in [-0.1, -0.05) is 23.7 Å². The van der Waals surface area contributed by atoms with Crippen LogP contribution in [0.15, 0.2) is 34.5 Å². The molecule has 1 aromatic carbocycles. The molecule has 9 heteroatoms. The Morgan fingerprint density at radius 2 is 1.90 bits per heavy atom. The van der Waals surface area contributed by atoms with Gasteiger partial charge < -0.3 is 15.4 Å². The Bertz CT molecular complexity index is 803. The van der Waals surface area contributed by atoms with Crippen molar-refractivity contribution in [1.82, 2.24) is 9.80 Å². The molecule has 0 radical (unpaired) electrons. The SMILES string of the molecule is CC(F)(F)[C@H]1CN(C2CCN(C3=NN=C(N)C3)CC2)[C@@H](Cc2ccc(Cl)cc2)CO1. The van der Waals surface area contributed by atoms with Gasteiger partial charge in [-0.2, -0.15) is 0 Å². The molecule has 0 aliphatic carbocycles. The number of halogens is 3. The average molecular weight is 440 g/mol. The molecule has 0 aromatic heterocycles. The van der Waals surface area contributed by atoms with Crippen molar-refractivity contribution in [3.8, 4) is 0 Å². The molecule has 2 saturated heterocycles. The van der Waals surface area contributed by atoms with Gasteiger partial charge in [0.25, 0.3) is 5.92 Å². The highest BCUT2D eigenvalue weighted by Gasteiger charge is 2.44. The number of nitrogens with zero attached hydrogens (tertiary/aromatic N) is 4. The van der Waals surface area contributed by atoms with E-state index in [0.717, 1.165) is 50.7 Å². The summed E-state index contributed by atoms with van der Waals surface area (Å²) in [6.07, 6.45) is 2.03. The number of hydrogen-bond acceptors (Lipinski definition) is 6. The lowest BCUT2D eigenvalue weighted by Crippen LogP contribution is -2.60. The summed E-state index contributed by atoms with van der Waals surface area (Å²) in [4.78, 5) is 4.46. The second-order valence-corrected chi connectivity index (χ2v) is 8.90. The maximum absolute atomic E-state index is 14.0. The highest BCUT2D eigenvalue weighted by atomic mass is 35.5. The first-order valence-electron chi connectivity index (χ1n) is 10.4. The zero-order chi connectivity index (χ0) is 21.3. The first-order valence-corrected chi connectivity index (χ1v) is 10.8. The van der Waals surface area contributed by atoms with E-state index in [-0.39, 0.29) is 18.6 Å². The van der Waals surface area contributed by atoms with E-state index in [1.807, 2.05) is 24.3 Å². The molecule has 1 aromatic rings. The maximum Gasteiger partial charge on any atom is 0.272 e. The Labute approximate surface area is 180 Å². The van der Waals surface area contributed by atoms with E-state index in [0.29, 0.717) is 23.9 Å². The summed E-state index contributed by atoms with van der Waals surface area (Å²) in [5, 5.41) is 8.77. The zero-order valence-electron chi connectivity index (χ0n) is 17.1. The largest absolute Gasteiger partial charge is 0.385 e. The van der Waals surface area contributed by atoms with Crippen LogP contribution < -0.4 is 5.73 Å². The van der Waals surface area contributed by atoms with Gasteiger partial charge in [-0.15, -0.1) is 10.2 Å². The molecule has 2 fully saturated rings. The van der Waals surface area contributed by atoms with Crippen molar-refractivity contribution in [3.63, 3.8) is 0 Å². The molecule has 0 bridgehead atoms. The summed E-state index contributed by atoms with van der Waals surface area (Å²) in [6.45, 7) is 3.13. The van der Waals surface area contributed by atoms with Crippen molar-refractivity contribution < 1.29 is 13.5 Å². The van der Waals surface area contributed by atoms with Crippen molar-refractivity contribution in [3.05, 3.63) is 34.9 Å². The molecule has 30 heavy (non-hydrogen) atoms. The number of hydrogen-bond donors (Lipinski definition) is 1. The van der Waals surface area contributed by atoms with Crippen LogP contribution >= 0.6 is 11.6 Å². The summed E-state index contributed by atoms with van der Waals surface area (Å²) in [7, 11) is 0. The van der Waals surface area contributed by atoms with E-state index in [1.165, 1.54) is 0 Å². The molecular formula is C21H28ClF2N5O. The first kappa shape index (κ1) is 21.5. The van der Waals surface area contributed by atoms with Crippen LogP contribution in [-0.2, 0) is 11.2 Å². The smallest absolute Gasteiger partial charge is 0.272 e. The molecule has 4 rings (SSSR count). The number of likely N-dealkylation sites (tertiary alicyclic amines) is 1. The van der Waals surface area contributed by atoms with Crippen molar-refractivity contribution >= 4 is 23.3 Å². The molecular weight excluding hydrogens is 412 g/mol. The van der Waals surface area contributed by atoms with Crippen molar-refractivity contribution in [2.45, 2.75) is 56.7 Å². The third-order valence-electron chi connectivity index (χ3n) is 6.22. The zero-order valence-corrected chi connectivity index (χ0v) is 17.9. The van der Waals surface area contributed by atoms with E-state index in [1.54, 1.807) is 0 Å². The minimum Gasteiger partial charge on any atom is -0.385 e. The number of piperidine rings is 1. The standard InChI is InChI=1S/C21H28ClF2N5O/c1-21(23,24)18-12-29(17(13-30-18)10-14-2-4-15(22)5-3-14)16-6-8-28(9-7-16)20-11-19(25)26-27-20/h2-5,16-18H,6-13H2,1H3,(H2,25,26)/t17-,18+/m0/s1. The third-order valence-corrected chi connectivity index (χ3v) is 6.47. The van der Waals surface area contributed by atoms with Crippen LogP contribution in [0, 0.1) is 0 Å². The van der Waals surface area contributed by atoms with Gasteiger partial charge in [0.1, 0.15) is 17.8 Å². The molecule has 0 amide bonds. The second kappa shape index (κ2) is 8.77. The van der Waals surface area contributed by atoms with Crippen LogP contribution in [-0.4, -0.2) is 71.8 Å². The minimum absolute atomic E-state index is 0.0594. The molecule has 0 spiro atoms. The topological polar surface area (TPSA) is 66.5 Å². The molecule has 3 aliphatic rings. The molecule has 2 N–H and O–H groups in total. The fourth-order valence-corrected chi connectivity index (χ4v) is 4.65.